The van der Waals surface area contributed by atoms with Gasteiger partial charge in [0.1, 0.15) is 19.3 Å². The molecule has 506 valence electrons. The first kappa shape index (κ1) is 84.2. The number of quaternary nitrogens is 1. The summed E-state index contributed by atoms with van der Waals surface area (Å²) in [4.78, 5) is 38.0. The van der Waals surface area contributed by atoms with Crippen LogP contribution in [0.1, 0.15) is 342 Å². The Morgan fingerprint density at radius 1 is 0.414 bits per heavy atom. The van der Waals surface area contributed by atoms with Crippen LogP contribution in [0.2, 0.25) is 0 Å². The van der Waals surface area contributed by atoms with Gasteiger partial charge < -0.3 is 19.4 Å². The van der Waals surface area contributed by atoms with E-state index in [4.69, 9.17) is 13.8 Å². The lowest BCUT2D eigenvalue weighted by Crippen LogP contribution is -2.47. The van der Waals surface area contributed by atoms with Crippen molar-refractivity contribution in [3.8, 4) is 0 Å². The minimum Gasteiger partial charge on any atom is -0.456 e. The molecule has 0 aromatic rings. The van der Waals surface area contributed by atoms with E-state index in [0.29, 0.717) is 17.4 Å². The summed E-state index contributed by atoms with van der Waals surface area (Å²) in [5.74, 6) is -0.502. The van der Waals surface area contributed by atoms with Crippen molar-refractivity contribution in [3.63, 3.8) is 0 Å². The molecular weight excluding hydrogens is 1100 g/mol. The molecule has 0 aromatic carbocycles. The van der Waals surface area contributed by atoms with E-state index in [1.54, 1.807) is 0 Å². The van der Waals surface area contributed by atoms with E-state index in [0.717, 1.165) is 103 Å². The Kier molecular flexibility index (Phi) is 64.0. The molecule has 0 heterocycles. The zero-order valence-electron chi connectivity index (χ0n) is 58.0. The summed E-state index contributed by atoms with van der Waals surface area (Å²) in [5.41, 5.74) is 0. The van der Waals surface area contributed by atoms with Crippen molar-refractivity contribution < 1.29 is 37.3 Å². The maximum absolute atomic E-state index is 13.6. The van der Waals surface area contributed by atoms with Crippen LogP contribution >= 0.6 is 7.82 Å². The third kappa shape index (κ3) is 67.4. The smallest absolute Gasteiger partial charge is 0.456 e. The lowest BCUT2D eigenvalue weighted by atomic mass is 10.0. The third-order valence-corrected chi connectivity index (χ3v) is 17.3. The molecule has 0 spiro atoms. The van der Waals surface area contributed by atoms with Crippen molar-refractivity contribution in [2.45, 2.75) is 354 Å². The number of hydrogen-bond acceptors (Lipinski definition) is 6. The minimum atomic E-state index is -4.46. The van der Waals surface area contributed by atoms with Crippen LogP contribution in [0.5, 0.6) is 0 Å². The van der Waals surface area contributed by atoms with E-state index in [1.165, 1.54) is 205 Å². The van der Waals surface area contributed by atoms with Crippen LogP contribution in [0.25, 0.3) is 0 Å². The first-order chi connectivity index (χ1) is 42.4. The number of carbonyl (C=O) groups is 2. The van der Waals surface area contributed by atoms with Crippen molar-refractivity contribution in [2.24, 2.45) is 0 Å². The number of carbonyl (C=O) groups excluding carboxylic acids is 2. The highest BCUT2D eigenvalue weighted by Crippen LogP contribution is 2.43. The molecule has 1 amide bonds. The summed E-state index contributed by atoms with van der Waals surface area (Å²) < 4.78 is 30.9. The fourth-order valence-corrected chi connectivity index (χ4v) is 11.4. The fourth-order valence-electron chi connectivity index (χ4n) is 10.7. The highest BCUT2D eigenvalue weighted by atomic mass is 31.2. The van der Waals surface area contributed by atoms with E-state index in [-0.39, 0.29) is 31.5 Å². The maximum Gasteiger partial charge on any atom is 0.472 e. The zero-order chi connectivity index (χ0) is 63.5. The topological polar surface area (TPSA) is 111 Å². The van der Waals surface area contributed by atoms with Gasteiger partial charge in [0, 0.05) is 12.8 Å². The summed E-state index contributed by atoms with van der Waals surface area (Å²) in [7, 11) is 1.49. The number of phosphoric acid groups is 1. The number of rotatable bonds is 67. The van der Waals surface area contributed by atoms with E-state index >= 15 is 0 Å². The molecule has 9 nitrogen and oxygen atoms in total. The van der Waals surface area contributed by atoms with Gasteiger partial charge in [-0.3, -0.25) is 18.6 Å². The number of unbranched alkanes of at least 4 members (excludes halogenated alkanes) is 39. The molecule has 0 rings (SSSR count). The quantitative estimate of drug-likeness (QED) is 0.0205. The average Bonchev–Trinajstić information content (AvgIpc) is 3.70. The lowest BCUT2D eigenvalue weighted by molar-refractivity contribution is -0.870. The first-order valence-electron chi connectivity index (χ1n) is 36.9. The van der Waals surface area contributed by atoms with Crippen LogP contribution in [0.15, 0.2) is 85.1 Å². The van der Waals surface area contributed by atoms with Gasteiger partial charge in [-0.05, 0) is 102 Å². The first-order valence-corrected chi connectivity index (χ1v) is 38.4. The number of ether oxygens (including phenoxy) is 1. The van der Waals surface area contributed by atoms with E-state index in [9.17, 15) is 19.0 Å². The number of nitrogens with zero attached hydrogens (tertiary/aromatic N) is 1. The van der Waals surface area contributed by atoms with Crippen molar-refractivity contribution in [1.82, 2.24) is 5.32 Å². The van der Waals surface area contributed by atoms with Gasteiger partial charge in [0.25, 0.3) is 0 Å². The van der Waals surface area contributed by atoms with Crippen molar-refractivity contribution in [3.05, 3.63) is 85.1 Å². The Labute approximate surface area is 539 Å². The molecule has 0 aliphatic rings. The Bertz CT molecular complexity index is 1760. The van der Waals surface area contributed by atoms with Gasteiger partial charge in [-0.25, -0.2) is 4.57 Å². The molecule has 2 N–H and O–H groups in total. The highest BCUT2D eigenvalue weighted by Gasteiger charge is 2.30. The van der Waals surface area contributed by atoms with Gasteiger partial charge in [-0.1, -0.05) is 312 Å². The van der Waals surface area contributed by atoms with Gasteiger partial charge in [-0.15, -0.1) is 0 Å². The highest BCUT2D eigenvalue weighted by molar-refractivity contribution is 7.47. The molecular formula is C77H142N2O7P+. The van der Waals surface area contributed by atoms with Gasteiger partial charge in [0.05, 0.1) is 33.8 Å². The molecule has 87 heavy (non-hydrogen) atoms. The number of allylic oxidation sites excluding steroid dienone is 13. The minimum absolute atomic E-state index is 0.0371. The lowest BCUT2D eigenvalue weighted by Gasteiger charge is -2.27. The predicted octanol–water partition coefficient (Wildman–Crippen LogP) is 23.7. The van der Waals surface area contributed by atoms with Gasteiger partial charge in [0.2, 0.25) is 5.91 Å². The summed E-state index contributed by atoms with van der Waals surface area (Å²) in [6.45, 7) is 6.93. The van der Waals surface area contributed by atoms with Gasteiger partial charge in [-0.2, -0.15) is 0 Å². The summed E-state index contributed by atoms with van der Waals surface area (Å²) in [6.07, 6.45) is 88.8. The van der Waals surface area contributed by atoms with Crippen LogP contribution in [0.3, 0.4) is 0 Å². The molecule has 3 unspecified atom stereocenters. The third-order valence-electron chi connectivity index (χ3n) is 16.3. The van der Waals surface area contributed by atoms with E-state index in [2.05, 4.69) is 99.0 Å². The number of nitrogens with one attached hydrogen (secondary N) is 1. The standard InChI is InChI=1S/C77H141N2O7P/c1-7-10-13-16-19-22-25-28-30-32-34-36-38-39-41-42-44-46-48-51-54-57-60-63-66-69-76(80)78-74(73-85-87(82,83)84-72-71-79(4,5)6)75(68-65-62-59-56-53-50-27-24-21-18-15-12-9-3)86-77(81)70-67-64-61-58-55-52-49-47-45-43-40-37-35-33-31-29-26-23-20-17-14-11-8-2/h10,13,19,22,28-31,34,36,39,41,65,68,74-75H,7-9,11-12,14-18,20-21,23-27,32-33,35,37-38,40,42-64,66-67,69-73H2,1-6H3,(H-,78,80,82,83)/p+1/b13-10-,22-19-,30-28-,31-29+,36-34-,41-39-,68-65+. The monoisotopic (exact) mass is 1240 g/mol. The molecule has 3 atom stereocenters. The molecule has 0 aliphatic carbocycles. The van der Waals surface area contributed by atoms with Gasteiger partial charge >= 0.3 is 13.8 Å². The number of phosphoric ester groups is 1. The van der Waals surface area contributed by atoms with E-state index < -0.39 is 20.0 Å². The van der Waals surface area contributed by atoms with Crippen LogP contribution in [0, 0.1) is 0 Å². The fraction of sp³-hybridized carbons (Fsp3) is 0.792. The molecule has 0 aromatic heterocycles. The number of likely N-dealkylation sites (N-methyl/N-ethyl adjacent to an activating group) is 1. The predicted molar refractivity (Wildman–Crippen MR) is 378 cm³/mol. The summed E-state index contributed by atoms with van der Waals surface area (Å²) in [6, 6.07) is -0.856. The van der Waals surface area contributed by atoms with Crippen molar-refractivity contribution in [2.75, 3.05) is 40.9 Å². The van der Waals surface area contributed by atoms with Crippen LogP contribution in [-0.2, 0) is 27.9 Å². The number of amides is 1. The van der Waals surface area contributed by atoms with Gasteiger partial charge in [0.15, 0.2) is 0 Å². The second kappa shape index (κ2) is 66.1. The maximum atomic E-state index is 13.6. The Balaban J connectivity index is 5.08. The molecule has 10 heteroatoms. The molecule has 0 aliphatic heterocycles. The Hall–Kier alpha value is -2.81. The second-order valence-electron chi connectivity index (χ2n) is 26.1. The normalized spacial score (nSPS) is 14.0. The zero-order valence-corrected chi connectivity index (χ0v) is 58.9. The van der Waals surface area contributed by atoms with Crippen LogP contribution in [-0.4, -0.2) is 74.3 Å². The number of esters is 1. The van der Waals surface area contributed by atoms with Crippen molar-refractivity contribution in [1.29, 1.82) is 0 Å². The number of hydrogen-bond donors (Lipinski definition) is 2. The summed E-state index contributed by atoms with van der Waals surface area (Å²) in [5, 5.41) is 3.07. The largest absolute Gasteiger partial charge is 0.472 e. The SMILES string of the molecule is CC/C=C\C/C=C\C/C=C\C/C=C\C/C=C\CCCCCCCCCCCC(=O)NC(COP(=O)(O)OCC[N+](C)(C)C)C(/C=C/CCCCCCCCCCCCC)OC(=O)CCCCCCCCCCCCCCC/C=C/CCCCCCCC. The molecule has 0 radical (unpaired) electrons. The van der Waals surface area contributed by atoms with Crippen molar-refractivity contribution >= 4 is 19.7 Å². The Morgan fingerprint density at radius 2 is 0.736 bits per heavy atom. The molecule has 0 fully saturated rings. The second-order valence-corrected chi connectivity index (χ2v) is 27.5. The molecule has 0 saturated carbocycles. The molecule has 0 saturated heterocycles. The van der Waals surface area contributed by atoms with Crippen LogP contribution in [0.4, 0.5) is 0 Å². The van der Waals surface area contributed by atoms with E-state index in [1.807, 2.05) is 33.3 Å². The Morgan fingerprint density at radius 3 is 1.11 bits per heavy atom. The average molecular weight is 1240 g/mol. The summed E-state index contributed by atoms with van der Waals surface area (Å²) >= 11 is 0. The molecule has 0 bridgehead atoms. The van der Waals surface area contributed by atoms with Crippen LogP contribution < -0.4 is 5.32 Å².